The molecule has 0 unspecified atom stereocenters. The van der Waals surface area contributed by atoms with Crippen molar-refractivity contribution in [3.63, 3.8) is 0 Å². The molecule has 12 aromatic rings. The third-order valence-corrected chi connectivity index (χ3v) is 12.4. The first-order valence-electron chi connectivity index (χ1n) is 21.2. The molecule has 0 aliphatic rings. The van der Waals surface area contributed by atoms with Gasteiger partial charge in [0.15, 0.2) is 0 Å². The van der Waals surface area contributed by atoms with Crippen molar-refractivity contribution in [1.82, 2.24) is 0 Å². The molecule has 0 atom stereocenters. The van der Waals surface area contributed by atoms with E-state index in [0.717, 1.165) is 66.6 Å². The quantitative estimate of drug-likeness (QED) is 0.150. The summed E-state index contributed by atoms with van der Waals surface area (Å²) >= 11 is 0. The molecule has 0 aliphatic carbocycles. The van der Waals surface area contributed by atoms with Crippen molar-refractivity contribution in [1.29, 1.82) is 0 Å². The molecule has 11 aromatic carbocycles. The van der Waals surface area contributed by atoms with Crippen molar-refractivity contribution in [2.75, 3.05) is 4.90 Å². The molecule has 0 saturated heterocycles. The van der Waals surface area contributed by atoms with Crippen LogP contribution in [0.1, 0.15) is 0 Å². The number of furan rings is 1. The molecule has 0 spiro atoms. The van der Waals surface area contributed by atoms with E-state index in [1.54, 1.807) is 0 Å². The first-order chi connectivity index (χ1) is 30.7. The van der Waals surface area contributed by atoms with E-state index >= 15 is 0 Å². The molecular formula is C60H39NO. The summed E-state index contributed by atoms with van der Waals surface area (Å²) in [6, 6.07) is 85.6. The van der Waals surface area contributed by atoms with Crippen molar-refractivity contribution < 1.29 is 4.42 Å². The van der Waals surface area contributed by atoms with E-state index in [9.17, 15) is 0 Å². The highest BCUT2D eigenvalue weighted by atomic mass is 16.3. The fourth-order valence-corrected chi connectivity index (χ4v) is 9.43. The lowest BCUT2D eigenvalue weighted by molar-refractivity contribution is 0.673. The van der Waals surface area contributed by atoms with Crippen LogP contribution in [0, 0.1) is 0 Å². The van der Waals surface area contributed by atoms with E-state index < -0.39 is 0 Å². The van der Waals surface area contributed by atoms with Crippen LogP contribution >= 0.6 is 0 Å². The molecule has 12 rings (SSSR count). The molecule has 0 aliphatic heterocycles. The van der Waals surface area contributed by atoms with Gasteiger partial charge in [0.25, 0.3) is 0 Å². The molecule has 0 radical (unpaired) electrons. The SMILES string of the molecule is c1ccc(-c2cc(-c3ccccc3)cc(N(c3ccc(-c4ccc5c(ccc6ccccc65)c4)cc3)c3ccccc3-c3cccc4oc5c6ccccc6ccc5c34)c2)cc1. The van der Waals surface area contributed by atoms with E-state index in [1.807, 2.05) is 0 Å². The van der Waals surface area contributed by atoms with Gasteiger partial charge in [-0.2, -0.15) is 0 Å². The minimum Gasteiger partial charge on any atom is -0.455 e. The van der Waals surface area contributed by atoms with Gasteiger partial charge in [-0.3, -0.25) is 0 Å². The van der Waals surface area contributed by atoms with Crippen LogP contribution in [0.5, 0.6) is 0 Å². The van der Waals surface area contributed by atoms with Crippen LogP contribution in [0.25, 0.3) is 98.8 Å². The van der Waals surface area contributed by atoms with Gasteiger partial charge in [0.05, 0.1) is 5.69 Å². The smallest absolute Gasteiger partial charge is 0.143 e. The molecule has 1 heterocycles. The number of benzene rings is 11. The highest BCUT2D eigenvalue weighted by Gasteiger charge is 2.22. The normalized spacial score (nSPS) is 11.5. The lowest BCUT2D eigenvalue weighted by Crippen LogP contribution is -2.11. The Morgan fingerprint density at radius 2 is 0.839 bits per heavy atom. The predicted octanol–water partition coefficient (Wildman–Crippen LogP) is 17.2. The second-order valence-corrected chi connectivity index (χ2v) is 16.1. The van der Waals surface area contributed by atoms with Crippen molar-refractivity contribution >= 4 is 71.3 Å². The maximum Gasteiger partial charge on any atom is 0.143 e. The Morgan fingerprint density at radius 3 is 1.60 bits per heavy atom. The standard InChI is InChI=1S/C60H39NO/c1-3-14-40(15-4-1)47-37-48(41-16-5-2-6-17-41)39-50(38-47)61(49-32-28-42(29-33-49)45-31-34-52-46(36-45)27-26-43-18-7-9-20-51(43)52)57-24-12-11-22-54(57)55-23-13-25-58-59(55)56-35-30-44-19-8-10-21-53(44)60(56)62-58/h1-39H. The molecule has 1 aromatic heterocycles. The zero-order valence-electron chi connectivity index (χ0n) is 33.9. The van der Waals surface area contributed by atoms with Gasteiger partial charge in [-0.05, 0) is 120 Å². The summed E-state index contributed by atoms with van der Waals surface area (Å²) in [7, 11) is 0. The first-order valence-corrected chi connectivity index (χ1v) is 21.2. The van der Waals surface area contributed by atoms with E-state index in [4.69, 9.17) is 4.42 Å². The topological polar surface area (TPSA) is 16.4 Å². The van der Waals surface area contributed by atoms with Crippen molar-refractivity contribution in [3.05, 3.63) is 237 Å². The fourth-order valence-electron chi connectivity index (χ4n) is 9.43. The largest absolute Gasteiger partial charge is 0.455 e. The maximum absolute atomic E-state index is 6.72. The van der Waals surface area contributed by atoms with Crippen LogP contribution < -0.4 is 4.90 Å². The molecule has 0 N–H and O–H groups in total. The van der Waals surface area contributed by atoms with Gasteiger partial charge >= 0.3 is 0 Å². The molecule has 0 saturated carbocycles. The van der Waals surface area contributed by atoms with Crippen molar-refractivity contribution in [2.24, 2.45) is 0 Å². The Labute approximate surface area is 360 Å². The summed E-state index contributed by atoms with van der Waals surface area (Å²) in [5.74, 6) is 0. The number of anilines is 3. The molecule has 0 bridgehead atoms. The summed E-state index contributed by atoms with van der Waals surface area (Å²) in [4.78, 5) is 2.43. The Kier molecular flexibility index (Phi) is 8.53. The monoisotopic (exact) mass is 789 g/mol. The molecule has 290 valence electrons. The first kappa shape index (κ1) is 35.7. The molecule has 0 fully saturated rings. The van der Waals surface area contributed by atoms with E-state index in [1.165, 1.54) is 49.2 Å². The summed E-state index contributed by atoms with van der Waals surface area (Å²) in [5, 5.41) is 9.56. The predicted molar refractivity (Wildman–Crippen MR) is 263 cm³/mol. The van der Waals surface area contributed by atoms with Crippen molar-refractivity contribution in [3.8, 4) is 44.5 Å². The van der Waals surface area contributed by atoms with Crippen LogP contribution in [-0.2, 0) is 0 Å². The number of rotatable bonds is 7. The fraction of sp³-hybridized carbons (Fsp3) is 0. The average Bonchev–Trinajstić information content (AvgIpc) is 3.75. The maximum atomic E-state index is 6.72. The zero-order valence-corrected chi connectivity index (χ0v) is 33.9. The minimum absolute atomic E-state index is 0.875. The zero-order chi connectivity index (χ0) is 41.0. The number of hydrogen-bond donors (Lipinski definition) is 0. The second-order valence-electron chi connectivity index (χ2n) is 16.1. The number of fused-ring (bicyclic) bond motifs is 8. The lowest BCUT2D eigenvalue weighted by Gasteiger charge is -2.29. The van der Waals surface area contributed by atoms with Gasteiger partial charge in [0.2, 0.25) is 0 Å². The van der Waals surface area contributed by atoms with Gasteiger partial charge in [-0.1, -0.05) is 182 Å². The lowest BCUT2D eigenvalue weighted by atomic mass is 9.94. The third kappa shape index (κ3) is 6.12. The van der Waals surface area contributed by atoms with Crippen molar-refractivity contribution in [2.45, 2.75) is 0 Å². The van der Waals surface area contributed by atoms with Crippen LogP contribution in [-0.4, -0.2) is 0 Å². The third-order valence-electron chi connectivity index (χ3n) is 12.4. The Hall–Kier alpha value is -8.20. The van der Waals surface area contributed by atoms with Crippen LogP contribution in [0.3, 0.4) is 0 Å². The van der Waals surface area contributed by atoms with E-state index in [-0.39, 0.29) is 0 Å². The minimum atomic E-state index is 0.875. The van der Waals surface area contributed by atoms with E-state index in [0.29, 0.717) is 0 Å². The number of nitrogens with zero attached hydrogens (tertiary/aromatic N) is 1. The summed E-state index contributed by atoms with van der Waals surface area (Å²) in [6.45, 7) is 0. The Balaban J connectivity index is 1.07. The highest BCUT2D eigenvalue weighted by Crippen LogP contribution is 2.47. The molecule has 62 heavy (non-hydrogen) atoms. The Bertz CT molecular complexity index is 3570. The van der Waals surface area contributed by atoms with Gasteiger partial charge in [-0.25, -0.2) is 0 Å². The number of hydrogen-bond acceptors (Lipinski definition) is 2. The summed E-state index contributed by atoms with van der Waals surface area (Å²) in [5.41, 5.74) is 14.2. The van der Waals surface area contributed by atoms with Gasteiger partial charge in [0, 0.05) is 33.1 Å². The number of para-hydroxylation sites is 1. The van der Waals surface area contributed by atoms with Crippen LogP contribution in [0.4, 0.5) is 17.1 Å². The summed E-state index contributed by atoms with van der Waals surface area (Å²) < 4.78 is 6.72. The molecule has 0 amide bonds. The molecular weight excluding hydrogens is 751 g/mol. The van der Waals surface area contributed by atoms with Crippen LogP contribution in [0.2, 0.25) is 0 Å². The molecule has 2 nitrogen and oxygen atoms in total. The van der Waals surface area contributed by atoms with Gasteiger partial charge in [-0.15, -0.1) is 0 Å². The highest BCUT2D eigenvalue weighted by molar-refractivity contribution is 6.20. The Morgan fingerprint density at radius 1 is 0.290 bits per heavy atom. The average molecular weight is 790 g/mol. The second kappa shape index (κ2) is 14.8. The van der Waals surface area contributed by atoms with E-state index in [2.05, 4.69) is 241 Å². The summed E-state index contributed by atoms with van der Waals surface area (Å²) in [6.07, 6.45) is 0. The van der Waals surface area contributed by atoms with Gasteiger partial charge < -0.3 is 9.32 Å². The molecule has 2 heteroatoms. The van der Waals surface area contributed by atoms with Gasteiger partial charge in [0.1, 0.15) is 11.2 Å². The van der Waals surface area contributed by atoms with Crippen LogP contribution in [0.15, 0.2) is 241 Å².